The SMILES string of the molecule is O=C(Nc1ccc2ncnc(Nc3ccc(OCc4ccccn4)c(Cl)c3)c2c1)[C@@H]1CCCCN1. The van der Waals surface area contributed by atoms with Crippen molar-refractivity contribution in [3.8, 4) is 5.75 Å². The number of nitrogens with one attached hydrogen (secondary N) is 3. The van der Waals surface area contributed by atoms with Crippen molar-refractivity contribution in [2.45, 2.75) is 31.9 Å². The molecular formula is C26H25ClN6O2. The van der Waals surface area contributed by atoms with Crippen LogP contribution in [-0.4, -0.2) is 33.4 Å². The van der Waals surface area contributed by atoms with Gasteiger partial charge in [-0.25, -0.2) is 9.97 Å². The third kappa shape index (κ3) is 5.67. The summed E-state index contributed by atoms with van der Waals surface area (Å²) in [5.74, 6) is 1.15. The Bertz CT molecular complexity index is 1330. The van der Waals surface area contributed by atoms with E-state index in [1.54, 1.807) is 18.3 Å². The number of anilines is 3. The van der Waals surface area contributed by atoms with E-state index in [4.69, 9.17) is 16.3 Å². The highest BCUT2D eigenvalue weighted by atomic mass is 35.5. The summed E-state index contributed by atoms with van der Waals surface area (Å²) in [6.45, 7) is 1.20. The van der Waals surface area contributed by atoms with Gasteiger partial charge in [0.1, 0.15) is 24.5 Å². The number of amides is 1. The quantitative estimate of drug-likeness (QED) is 0.333. The van der Waals surface area contributed by atoms with E-state index in [-0.39, 0.29) is 11.9 Å². The summed E-state index contributed by atoms with van der Waals surface area (Å²) in [6.07, 6.45) is 6.23. The van der Waals surface area contributed by atoms with Crippen LogP contribution in [0.25, 0.3) is 10.9 Å². The minimum Gasteiger partial charge on any atom is -0.486 e. The normalized spacial score (nSPS) is 15.5. The molecule has 1 aliphatic rings. The van der Waals surface area contributed by atoms with E-state index in [1.165, 1.54) is 6.33 Å². The number of nitrogens with zero attached hydrogens (tertiary/aromatic N) is 3. The fraction of sp³-hybridized carbons (Fsp3) is 0.231. The highest BCUT2D eigenvalue weighted by molar-refractivity contribution is 6.32. The van der Waals surface area contributed by atoms with Gasteiger partial charge >= 0.3 is 0 Å². The molecule has 2 aromatic carbocycles. The molecule has 35 heavy (non-hydrogen) atoms. The molecule has 1 amide bonds. The summed E-state index contributed by atoms with van der Waals surface area (Å²) in [5, 5.41) is 10.8. The first-order valence-electron chi connectivity index (χ1n) is 11.5. The maximum atomic E-state index is 12.6. The van der Waals surface area contributed by atoms with Crippen LogP contribution in [0.4, 0.5) is 17.2 Å². The second kappa shape index (κ2) is 10.7. The van der Waals surface area contributed by atoms with Crippen LogP contribution in [0.15, 0.2) is 67.1 Å². The van der Waals surface area contributed by atoms with Crippen molar-refractivity contribution in [2.75, 3.05) is 17.2 Å². The lowest BCUT2D eigenvalue weighted by molar-refractivity contribution is -0.118. The highest BCUT2D eigenvalue weighted by Gasteiger charge is 2.20. The molecule has 3 N–H and O–H groups in total. The summed E-state index contributed by atoms with van der Waals surface area (Å²) in [4.78, 5) is 25.7. The Hall–Kier alpha value is -3.75. The highest BCUT2D eigenvalue weighted by Crippen LogP contribution is 2.31. The Kier molecular flexibility index (Phi) is 7.02. The van der Waals surface area contributed by atoms with Gasteiger partial charge in [-0.3, -0.25) is 9.78 Å². The van der Waals surface area contributed by atoms with E-state index in [1.807, 2.05) is 42.5 Å². The largest absolute Gasteiger partial charge is 0.486 e. The molecule has 1 fully saturated rings. The monoisotopic (exact) mass is 488 g/mol. The van der Waals surface area contributed by atoms with Gasteiger partial charge in [0.05, 0.1) is 22.3 Å². The van der Waals surface area contributed by atoms with Crippen molar-refractivity contribution in [1.29, 1.82) is 0 Å². The third-order valence-electron chi connectivity index (χ3n) is 5.83. The Morgan fingerprint density at radius 1 is 1.06 bits per heavy atom. The van der Waals surface area contributed by atoms with Crippen molar-refractivity contribution >= 4 is 45.6 Å². The zero-order chi connectivity index (χ0) is 24.0. The summed E-state index contributed by atoms with van der Waals surface area (Å²) in [7, 11) is 0. The molecule has 0 saturated carbocycles. The first kappa shape index (κ1) is 23.0. The average molecular weight is 489 g/mol. The minimum absolute atomic E-state index is 0.0246. The number of pyridine rings is 1. The second-order valence-electron chi connectivity index (χ2n) is 8.33. The molecule has 4 aromatic rings. The van der Waals surface area contributed by atoms with E-state index in [9.17, 15) is 4.79 Å². The number of benzene rings is 2. The van der Waals surface area contributed by atoms with Gasteiger partial charge in [-0.05, 0) is 67.9 Å². The number of hydrogen-bond acceptors (Lipinski definition) is 7. The fourth-order valence-electron chi connectivity index (χ4n) is 4.01. The minimum atomic E-state index is -0.162. The molecule has 0 bridgehead atoms. The zero-order valence-electron chi connectivity index (χ0n) is 19.0. The number of piperidine rings is 1. The van der Waals surface area contributed by atoms with Crippen LogP contribution in [0, 0.1) is 0 Å². The van der Waals surface area contributed by atoms with Crippen LogP contribution in [0.5, 0.6) is 5.75 Å². The Balaban J connectivity index is 1.31. The standard InChI is InChI=1S/C26H25ClN6O2/c27-21-14-18(8-10-24(21)35-15-19-5-1-3-11-28-19)32-25-20-13-17(7-9-22(20)30-16-31-25)33-26(34)23-6-2-4-12-29-23/h1,3,5,7-11,13-14,16,23,29H,2,4,6,12,15H2,(H,33,34)(H,30,31,32)/t23-/m0/s1. The molecule has 1 saturated heterocycles. The van der Waals surface area contributed by atoms with Crippen molar-refractivity contribution in [1.82, 2.24) is 20.3 Å². The van der Waals surface area contributed by atoms with Gasteiger partial charge in [0.2, 0.25) is 5.91 Å². The lowest BCUT2D eigenvalue weighted by atomic mass is 10.0. The number of hydrogen-bond donors (Lipinski definition) is 3. The molecule has 3 heterocycles. The topological polar surface area (TPSA) is 101 Å². The van der Waals surface area contributed by atoms with Crippen LogP contribution in [-0.2, 0) is 11.4 Å². The van der Waals surface area contributed by atoms with Gasteiger partial charge in [0.15, 0.2) is 0 Å². The van der Waals surface area contributed by atoms with Crippen molar-refractivity contribution in [2.24, 2.45) is 0 Å². The number of halogens is 1. The molecule has 0 spiro atoms. The van der Waals surface area contributed by atoms with E-state index >= 15 is 0 Å². The molecule has 0 radical (unpaired) electrons. The Morgan fingerprint density at radius 3 is 2.77 bits per heavy atom. The first-order chi connectivity index (χ1) is 17.2. The third-order valence-corrected chi connectivity index (χ3v) is 6.12. The van der Waals surface area contributed by atoms with Crippen LogP contribution in [0.1, 0.15) is 25.0 Å². The number of aromatic nitrogens is 3. The zero-order valence-corrected chi connectivity index (χ0v) is 19.8. The molecule has 2 aromatic heterocycles. The maximum Gasteiger partial charge on any atom is 0.241 e. The first-order valence-corrected chi connectivity index (χ1v) is 11.9. The molecule has 1 atom stereocenters. The van der Waals surface area contributed by atoms with E-state index < -0.39 is 0 Å². The number of carbonyl (C=O) groups is 1. The fourth-order valence-corrected chi connectivity index (χ4v) is 4.24. The average Bonchev–Trinajstić information content (AvgIpc) is 2.90. The smallest absolute Gasteiger partial charge is 0.241 e. The van der Waals surface area contributed by atoms with E-state index in [2.05, 4.69) is 30.9 Å². The summed E-state index contributed by atoms with van der Waals surface area (Å²) in [5.41, 5.74) is 3.03. The van der Waals surface area contributed by atoms with Gasteiger partial charge in [-0.15, -0.1) is 0 Å². The number of fused-ring (bicyclic) bond motifs is 1. The summed E-state index contributed by atoms with van der Waals surface area (Å²) < 4.78 is 5.81. The Labute approximate surface area is 208 Å². The maximum absolute atomic E-state index is 12.6. The number of ether oxygens (including phenoxy) is 1. The van der Waals surface area contributed by atoms with Crippen LogP contribution < -0.4 is 20.7 Å². The summed E-state index contributed by atoms with van der Waals surface area (Å²) >= 11 is 6.46. The molecule has 0 aliphatic carbocycles. The lowest BCUT2D eigenvalue weighted by Gasteiger charge is -2.22. The molecular weight excluding hydrogens is 464 g/mol. The van der Waals surface area contributed by atoms with Crippen LogP contribution in [0.2, 0.25) is 5.02 Å². The van der Waals surface area contributed by atoms with Gasteiger partial charge in [0.25, 0.3) is 0 Å². The second-order valence-corrected chi connectivity index (χ2v) is 8.73. The molecule has 178 valence electrons. The lowest BCUT2D eigenvalue weighted by Crippen LogP contribution is -2.43. The van der Waals surface area contributed by atoms with Gasteiger partial charge < -0.3 is 20.7 Å². The number of carbonyl (C=O) groups excluding carboxylic acids is 1. The van der Waals surface area contributed by atoms with E-state index in [0.29, 0.717) is 28.9 Å². The molecule has 0 unspecified atom stereocenters. The predicted octanol–water partition coefficient (Wildman–Crippen LogP) is 5.08. The molecule has 9 heteroatoms. The van der Waals surface area contributed by atoms with Gasteiger partial charge in [-0.2, -0.15) is 0 Å². The van der Waals surface area contributed by atoms with Crippen molar-refractivity contribution in [3.63, 3.8) is 0 Å². The van der Waals surface area contributed by atoms with Crippen molar-refractivity contribution < 1.29 is 9.53 Å². The van der Waals surface area contributed by atoms with Crippen LogP contribution in [0.3, 0.4) is 0 Å². The molecule has 8 nitrogen and oxygen atoms in total. The predicted molar refractivity (Wildman–Crippen MR) is 137 cm³/mol. The van der Waals surface area contributed by atoms with Gasteiger partial charge in [0, 0.05) is 23.0 Å². The Morgan fingerprint density at radius 2 is 1.97 bits per heavy atom. The van der Waals surface area contributed by atoms with Crippen molar-refractivity contribution in [3.05, 3.63) is 77.8 Å². The van der Waals surface area contributed by atoms with Crippen LogP contribution >= 0.6 is 11.6 Å². The molecule has 5 rings (SSSR count). The molecule has 1 aliphatic heterocycles. The van der Waals surface area contributed by atoms with Gasteiger partial charge in [-0.1, -0.05) is 24.1 Å². The van der Waals surface area contributed by atoms with E-state index in [0.717, 1.165) is 48.1 Å². The summed E-state index contributed by atoms with van der Waals surface area (Å²) in [6, 6.07) is 16.6. The number of rotatable bonds is 7.